The van der Waals surface area contributed by atoms with Crippen molar-refractivity contribution in [1.82, 2.24) is 5.32 Å². The predicted molar refractivity (Wildman–Crippen MR) is 83.2 cm³/mol. The molecule has 0 aromatic heterocycles. The molecule has 3 nitrogen and oxygen atoms in total. The second-order valence-corrected chi connectivity index (χ2v) is 6.31. The highest BCUT2D eigenvalue weighted by atomic mass is 79.9. The van der Waals surface area contributed by atoms with E-state index in [2.05, 4.69) is 28.2 Å². The minimum absolute atomic E-state index is 0. The first-order valence-electron chi connectivity index (χ1n) is 6.24. The quantitative estimate of drug-likeness (QED) is 0.880. The van der Waals surface area contributed by atoms with Gasteiger partial charge in [0, 0.05) is 11.0 Å². The van der Waals surface area contributed by atoms with Crippen molar-refractivity contribution in [2.75, 3.05) is 6.54 Å². The summed E-state index contributed by atoms with van der Waals surface area (Å²) in [5.74, 6) is 1.26. The molecule has 2 rings (SSSR count). The lowest BCUT2D eigenvalue weighted by Crippen LogP contribution is -2.49. The maximum atomic E-state index is 12.1. The molecule has 0 bridgehead atoms. The molecule has 1 amide bonds. The standard InChI is InChI=1S/C14H19BrN2O.ClH/c1-9-7-10(9)8-17-13(18)14(2,16)11-3-5-12(15)6-4-11;/h3-6,9-10H,7-8,16H2,1-2H3,(H,17,18);1H. The van der Waals surface area contributed by atoms with Crippen molar-refractivity contribution < 1.29 is 4.79 Å². The van der Waals surface area contributed by atoms with Gasteiger partial charge < -0.3 is 11.1 Å². The second kappa shape index (κ2) is 6.25. The minimum Gasteiger partial charge on any atom is -0.354 e. The number of benzene rings is 1. The summed E-state index contributed by atoms with van der Waals surface area (Å²) >= 11 is 3.37. The molecular weight excluding hydrogens is 328 g/mol. The highest BCUT2D eigenvalue weighted by molar-refractivity contribution is 9.10. The van der Waals surface area contributed by atoms with E-state index in [1.165, 1.54) is 6.42 Å². The summed E-state index contributed by atoms with van der Waals surface area (Å²) in [7, 11) is 0. The molecule has 19 heavy (non-hydrogen) atoms. The van der Waals surface area contributed by atoms with Gasteiger partial charge in [0.2, 0.25) is 5.91 Å². The fourth-order valence-corrected chi connectivity index (χ4v) is 2.28. The molecule has 5 heteroatoms. The van der Waals surface area contributed by atoms with Crippen molar-refractivity contribution in [2.24, 2.45) is 17.6 Å². The van der Waals surface area contributed by atoms with E-state index in [1.807, 2.05) is 24.3 Å². The zero-order valence-corrected chi connectivity index (χ0v) is 13.6. The minimum atomic E-state index is -0.973. The van der Waals surface area contributed by atoms with Crippen molar-refractivity contribution in [1.29, 1.82) is 0 Å². The first kappa shape index (κ1) is 16.5. The van der Waals surface area contributed by atoms with Crippen molar-refractivity contribution in [2.45, 2.75) is 25.8 Å². The van der Waals surface area contributed by atoms with E-state index in [0.29, 0.717) is 5.92 Å². The SMILES string of the molecule is CC1CC1CNC(=O)C(C)(N)c1ccc(Br)cc1.Cl. The summed E-state index contributed by atoms with van der Waals surface area (Å²) < 4.78 is 0.981. The number of nitrogens with one attached hydrogen (secondary N) is 1. The van der Waals surface area contributed by atoms with E-state index in [-0.39, 0.29) is 18.3 Å². The Bertz CT molecular complexity index is 447. The Balaban J connectivity index is 0.00000180. The molecule has 0 saturated heterocycles. The van der Waals surface area contributed by atoms with Crippen LogP contribution in [0, 0.1) is 11.8 Å². The molecule has 106 valence electrons. The molecule has 1 aliphatic carbocycles. The van der Waals surface area contributed by atoms with Gasteiger partial charge in [0.15, 0.2) is 0 Å². The van der Waals surface area contributed by atoms with Crippen LogP contribution < -0.4 is 11.1 Å². The first-order chi connectivity index (χ1) is 8.41. The van der Waals surface area contributed by atoms with Crippen molar-refractivity contribution in [3.63, 3.8) is 0 Å². The number of nitrogens with two attached hydrogens (primary N) is 1. The molecular formula is C14H20BrClN2O. The van der Waals surface area contributed by atoms with Gasteiger partial charge in [-0.15, -0.1) is 12.4 Å². The van der Waals surface area contributed by atoms with Crippen molar-refractivity contribution in [3.05, 3.63) is 34.3 Å². The number of amides is 1. The number of rotatable bonds is 4. The molecule has 1 aromatic carbocycles. The van der Waals surface area contributed by atoms with E-state index < -0.39 is 5.54 Å². The lowest BCUT2D eigenvalue weighted by Gasteiger charge is -2.24. The van der Waals surface area contributed by atoms with Crippen molar-refractivity contribution >= 4 is 34.2 Å². The molecule has 0 radical (unpaired) electrons. The molecule has 0 spiro atoms. The second-order valence-electron chi connectivity index (χ2n) is 5.39. The predicted octanol–water partition coefficient (Wildman–Crippen LogP) is 2.82. The third-order valence-corrected chi connectivity index (χ3v) is 4.25. The van der Waals surface area contributed by atoms with Crippen LogP contribution in [0.3, 0.4) is 0 Å². The normalized spacial score (nSPS) is 24.0. The average Bonchev–Trinajstić information content (AvgIpc) is 3.03. The van der Waals surface area contributed by atoms with Gasteiger partial charge in [0.1, 0.15) is 5.54 Å². The maximum Gasteiger partial charge on any atom is 0.244 e. The zero-order chi connectivity index (χ0) is 13.3. The molecule has 3 atom stereocenters. The lowest BCUT2D eigenvalue weighted by molar-refractivity contribution is -0.126. The number of hydrogen-bond donors (Lipinski definition) is 2. The molecule has 0 aliphatic heterocycles. The summed E-state index contributed by atoms with van der Waals surface area (Å²) in [4.78, 5) is 12.1. The van der Waals surface area contributed by atoms with Crippen LogP contribution in [0.4, 0.5) is 0 Å². The van der Waals surface area contributed by atoms with E-state index >= 15 is 0 Å². The first-order valence-corrected chi connectivity index (χ1v) is 7.04. The fraction of sp³-hybridized carbons (Fsp3) is 0.500. The highest BCUT2D eigenvalue weighted by Crippen LogP contribution is 2.36. The molecule has 3 N–H and O–H groups in total. The van der Waals surface area contributed by atoms with Crippen molar-refractivity contribution in [3.8, 4) is 0 Å². The molecule has 0 heterocycles. The summed E-state index contributed by atoms with van der Waals surface area (Å²) in [5, 5.41) is 2.95. The monoisotopic (exact) mass is 346 g/mol. The van der Waals surface area contributed by atoms with Crippen LogP contribution in [0.15, 0.2) is 28.7 Å². The van der Waals surface area contributed by atoms with Crippen LogP contribution in [0.1, 0.15) is 25.8 Å². The van der Waals surface area contributed by atoms with Crippen LogP contribution in [0.5, 0.6) is 0 Å². The Labute approximate surface area is 128 Å². The van der Waals surface area contributed by atoms with Crippen LogP contribution in [-0.2, 0) is 10.3 Å². The topological polar surface area (TPSA) is 55.1 Å². The summed E-state index contributed by atoms with van der Waals surface area (Å²) in [6.07, 6.45) is 1.21. The Hall–Kier alpha value is -0.580. The summed E-state index contributed by atoms with van der Waals surface area (Å²) in [6.45, 7) is 4.69. The van der Waals surface area contributed by atoms with Gasteiger partial charge in [-0.1, -0.05) is 35.0 Å². The van der Waals surface area contributed by atoms with Gasteiger partial charge >= 0.3 is 0 Å². The van der Waals surface area contributed by atoms with Gasteiger partial charge in [-0.2, -0.15) is 0 Å². The van der Waals surface area contributed by atoms with Crippen LogP contribution in [0.2, 0.25) is 0 Å². The van der Waals surface area contributed by atoms with Crippen LogP contribution >= 0.6 is 28.3 Å². The van der Waals surface area contributed by atoms with Gasteiger partial charge in [-0.3, -0.25) is 4.79 Å². The van der Waals surface area contributed by atoms with Gasteiger partial charge in [-0.25, -0.2) is 0 Å². The Kier molecular flexibility index (Phi) is 5.42. The third kappa shape index (κ3) is 3.94. The Morgan fingerprint density at radius 2 is 2.00 bits per heavy atom. The number of halogens is 2. The average molecular weight is 348 g/mol. The van der Waals surface area contributed by atoms with Gasteiger partial charge in [0.25, 0.3) is 0 Å². The largest absolute Gasteiger partial charge is 0.354 e. The zero-order valence-electron chi connectivity index (χ0n) is 11.2. The maximum absolute atomic E-state index is 12.1. The molecule has 3 unspecified atom stereocenters. The fourth-order valence-electron chi connectivity index (χ4n) is 2.02. The van der Waals surface area contributed by atoms with E-state index in [1.54, 1.807) is 6.92 Å². The summed E-state index contributed by atoms with van der Waals surface area (Å²) in [6, 6.07) is 7.56. The number of carbonyl (C=O) groups is 1. The molecule has 1 fully saturated rings. The van der Waals surface area contributed by atoms with E-state index in [0.717, 1.165) is 22.5 Å². The smallest absolute Gasteiger partial charge is 0.244 e. The van der Waals surface area contributed by atoms with Crippen LogP contribution in [-0.4, -0.2) is 12.5 Å². The van der Waals surface area contributed by atoms with Gasteiger partial charge in [-0.05, 0) is 42.9 Å². The number of carbonyl (C=O) groups excluding carboxylic acids is 1. The molecule has 1 saturated carbocycles. The Morgan fingerprint density at radius 1 is 1.47 bits per heavy atom. The van der Waals surface area contributed by atoms with Crippen LogP contribution in [0.25, 0.3) is 0 Å². The van der Waals surface area contributed by atoms with E-state index in [9.17, 15) is 4.79 Å². The van der Waals surface area contributed by atoms with E-state index in [4.69, 9.17) is 5.73 Å². The molecule has 1 aromatic rings. The van der Waals surface area contributed by atoms with Gasteiger partial charge in [0.05, 0.1) is 0 Å². The Morgan fingerprint density at radius 3 is 2.47 bits per heavy atom. The summed E-state index contributed by atoms with van der Waals surface area (Å²) in [5.41, 5.74) is 6.00. The molecule has 1 aliphatic rings. The highest BCUT2D eigenvalue weighted by Gasteiger charge is 2.35. The number of hydrogen-bond acceptors (Lipinski definition) is 2. The lowest BCUT2D eigenvalue weighted by atomic mass is 9.92. The third-order valence-electron chi connectivity index (χ3n) is 3.72.